The molecule has 2 N–H and O–H groups in total. The molecule has 0 radical (unpaired) electrons. The Kier molecular flexibility index (Phi) is 57.7. The van der Waals surface area contributed by atoms with Gasteiger partial charge in [0.05, 0.1) is 74.5 Å². The number of quaternary nitrogens is 4. The number of amides is 2. The van der Waals surface area contributed by atoms with E-state index in [9.17, 15) is 24.0 Å². The summed E-state index contributed by atoms with van der Waals surface area (Å²) in [6, 6.07) is 49.8. The van der Waals surface area contributed by atoms with E-state index in [1.54, 1.807) is 0 Å². The zero-order valence-electron chi connectivity index (χ0n) is 60.4. The van der Waals surface area contributed by atoms with Crippen molar-refractivity contribution in [1.29, 1.82) is 0 Å². The first kappa shape index (κ1) is 99.1. The lowest BCUT2D eigenvalue weighted by molar-refractivity contribution is -0.917. The van der Waals surface area contributed by atoms with Crippen LogP contribution in [0, 0.1) is 34.6 Å². The number of carbonyl (C=O) groups is 5. The van der Waals surface area contributed by atoms with E-state index < -0.39 is 0 Å². The number of nitrogens with one attached hydrogen (secondary N) is 2. The molecule has 93 heavy (non-hydrogen) atoms. The smallest absolute Gasteiger partial charge is 0.279 e. The standard InChI is InChI=1S/C22H30NO.C18H21N3O2.C17H28NO.C14H22NO.3C2H6.CH4.4BrH/c1-4-23(5-2,16-15-20-12-7-6-8-13-20)18-22(24)17-21-14-10-9-11-19(21)3;1-21(2,13-17(22)19-15-9-5-3-6-10-15)14-18(23)20-16-11-7-4-8-12-16;1-6-18(7-2,8-3)13-16(19)12-17-14(4)10-9-11-15(17)5;1-11-7-6-8-12(2)14(11)9-13(16)10-15(3,4)5;3*1-2;;;;;/h6-14H,4-5,15-18H2,1-3H3;3-12H,13-14H2,1-2H3,(H-,19,20,22,23);9-11H,6-8,12-13H2,1-5H3;6-8H,9-10H2,1-5H3;3*1-2H3;1H4;4*1H/q+1;;2*+1;;;;;;;;/p-3. The molecule has 6 aromatic rings. The highest BCUT2D eigenvalue weighted by Crippen LogP contribution is 2.18. The number of Topliss-reactive ketones (excluding diaryl/α,β-unsaturated/α-hetero) is 3. The van der Waals surface area contributed by atoms with Crippen molar-refractivity contribution < 1.29 is 110 Å². The molecular weight excluding hydrogens is 1420 g/mol. The first-order valence-corrected chi connectivity index (χ1v) is 32.6. The van der Waals surface area contributed by atoms with Gasteiger partial charge in [-0.2, -0.15) is 0 Å². The molecule has 0 saturated carbocycles. The van der Waals surface area contributed by atoms with Gasteiger partial charge >= 0.3 is 0 Å². The maximum atomic E-state index is 12.7. The number of para-hydroxylation sites is 2. The SMILES string of the molecule is C.CC.CC.CC.CC[N+](CC)(CC)CC(=O)Cc1c(C)cccc1C.CC[N+](CC)(CCc1ccccc1)CC(=O)Cc1ccccc1C.C[N+](C)(CC(=O)Nc1ccccc1)CC(=O)Nc1ccccc1.Cc1cccc(C)c1CC(=O)C[N+](C)(C)C.[Br-].[Br-].[Br-].[Br-]. The zero-order valence-corrected chi connectivity index (χ0v) is 66.7. The van der Waals surface area contributed by atoms with Crippen LogP contribution in [0.25, 0.3) is 0 Å². The van der Waals surface area contributed by atoms with Crippen molar-refractivity contribution in [3.63, 3.8) is 0 Å². The molecule has 524 valence electrons. The van der Waals surface area contributed by atoms with Crippen molar-refractivity contribution in [3.8, 4) is 0 Å². The topological polar surface area (TPSA) is 109 Å². The normalized spacial score (nSPS) is 10.2. The minimum absolute atomic E-state index is 0. The van der Waals surface area contributed by atoms with Crippen LogP contribution in [-0.4, -0.2) is 154 Å². The molecule has 6 aromatic carbocycles. The second-order valence-corrected chi connectivity index (χ2v) is 23.9. The van der Waals surface area contributed by atoms with Gasteiger partial charge in [0.15, 0.2) is 30.4 Å². The summed E-state index contributed by atoms with van der Waals surface area (Å²) in [6.45, 7) is 41.8. The number of benzene rings is 6. The predicted molar refractivity (Wildman–Crippen MR) is 383 cm³/mol. The molecule has 11 nitrogen and oxygen atoms in total. The lowest BCUT2D eigenvalue weighted by Crippen LogP contribution is -3.00. The van der Waals surface area contributed by atoms with Crippen LogP contribution in [0.2, 0.25) is 0 Å². The third-order valence-corrected chi connectivity index (χ3v) is 15.7. The number of aryl methyl sites for hydroxylation is 5. The monoisotopic (exact) mass is 1540 g/mol. The van der Waals surface area contributed by atoms with Crippen LogP contribution < -0.4 is 78.6 Å². The van der Waals surface area contributed by atoms with E-state index >= 15 is 0 Å². The quantitative estimate of drug-likeness (QED) is 0.0807. The van der Waals surface area contributed by atoms with Crippen molar-refractivity contribution in [3.05, 3.63) is 202 Å². The number of halogens is 4. The summed E-state index contributed by atoms with van der Waals surface area (Å²) >= 11 is 0. The average molecular weight is 1550 g/mol. The minimum atomic E-state index is -0.117. The van der Waals surface area contributed by atoms with Gasteiger partial charge in [0.25, 0.3) is 11.8 Å². The van der Waals surface area contributed by atoms with Gasteiger partial charge in [-0.1, -0.05) is 176 Å². The Morgan fingerprint density at radius 2 is 0.656 bits per heavy atom. The maximum absolute atomic E-state index is 12.7. The summed E-state index contributed by atoms with van der Waals surface area (Å²) in [6.07, 6.45) is 2.73. The number of hydrogen-bond donors (Lipinski definition) is 2. The predicted octanol–water partition coefficient (Wildman–Crippen LogP) is 3.69. The Morgan fingerprint density at radius 1 is 0.355 bits per heavy atom. The molecule has 0 unspecified atom stereocenters. The Balaban J connectivity index is -0.000000262. The number of carbonyl (C=O) groups excluding carboxylic acids is 5. The van der Waals surface area contributed by atoms with Crippen molar-refractivity contribution >= 4 is 40.5 Å². The molecule has 0 aliphatic carbocycles. The molecule has 2 amide bonds. The number of anilines is 2. The largest absolute Gasteiger partial charge is 1.00 e. The number of likely N-dealkylation sites (N-methyl/N-ethyl adjacent to an activating group) is 4. The molecule has 0 bridgehead atoms. The fourth-order valence-corrected chi connectivity index (χ4v) is 10.3. The van der Waals surface area contributed by atoms with Crippen LogP contribution in [0.4, 0.5) is 11.4 Å². The van der Waals surface area contributed by atoms with Crippen LogP contribution in [0.3, 0.4) is 0 Å². The second kappa shape index (κ2) is 54.2. The highest BCUT2D eigenvalue weighted by Gasteiger charge is 2.28. The molecule has 0 spiro atoms. The third kappa shape index (κ3) is 40.9. The third-order valence-electron chi connectivity index (χ3n) is 15.7. The minimum Gasteiger partial charge on any atom is -1.00 e. The van der Waals surface area contributed by atoms with Gasteiger partial charge in [-0.25, -0.2) is 0 Å². The Labute approximate surface area is 609 Å². The lowest BCUT2D eigenvalue weighted by Gasteiger charge is -2.36. The van der Waals surface area contributed by atoms with Gasteiger partial charge in [-0.05, 0) is 144 Å². The van der Waals surface area contributed by atoms with Gasteiger partial charge in [-0.15, -0.1) is 0 Å². The summed E-state index contributed by atoms with van der Waals surface area (Å²) in [5.74, 6) is 0.788. The van der Waals surface area contributed by atoms with E-state index in [0.29, 0.717) is 60.7 Å². The number of rotatable bonds is 26. The van der Waals surface area contributed by atoms with E-state index in [-0.39, 0.29) is 105 Å². The van der Waals surface area contributed by atoms with E-state index in [1.807, 2.05) is 156 Å². The number of ketones is 3. The highest BCUT2D eigenvalue weighted by atomic mass is 79.9. The molecule has 0 saturated heterocycles. The van der Waals surface area contributed by atoms with Crippen LogP contribution in [0.5, 0.6) is 0 Å². The van der Waals surface area contributed by atoms with Gasteiger partial charge in [0.1, 0.15) is 19.6 Å². The fraction of sp³-hybridized carbons (Fsp3) is 0.474. The molecular formula is C78H124Br4N6O5. The fourth-order valence-electron chi connectivity index (χ4n) is 10.3. The lowest BCUT2D eigenvalue weighted by atomic mass is 9.98. The maximum Gasteiger partial charge on any atom is 0.279 e. The van der Waals surface area contributed by atoms with Crippen LogP contribution in [-0.2, 0) is 49.7 Å². The molecule has 0 aliphatic heterocycles. The molecule has 0 aliphatic rings. The van der Waals surface area contributed by atoms with Crippen molar-refractivity contribution in [2.24, 2.45) is 0 Å². The Bertz CT molecular complexity index is 2820. The summed E-state index contributed by atoms with van der Waals surface area (Å²) in [7, 11) is 9.85. The highest BCUT2D eigenvalue weighted by molar-refractivity contribution is 5.93. The zero-order chi connectivity index (χ0) is 66.9. The Morgan fingerprint density at radius 3 is 1.00 bits per heavy atom. The van der Waals surface area contributed by atoms with Crippen molar-refractivity contribution in [2.75, 3.05) is 118 Å². The van der Waals surface area contributed by atoms with E-state index in [2.05, 4.69) is 153 Å². The van der Waals surface area contributed by atoms with Crippen molar-refractivity contribution in [2.45, 2.75) is 144 Å². The van der Waals surface area contributed by atoms with E-state index in [4.69, 9.17) is 0 Å². The van der Waals surface area contributed by atoms with E-state index in [1.165, 1.54) is 44.5 Å². The molecule has 0 atom stereocenters. The second-order valence-electron chi connectivity index (χ2n) is 23.9. The molecule has 15 heteroatoms. The van der Waals surface area contributed by atoms with Gasteiger partial charge in [-0.3, -0.25) is 24.0 Å². The molecule has 6 rings (SSSR count). The molecule has 0 heterocycles. The summed E-state index contributed by atoms with van der Waals surface area (Å²) in [5.41, 5.74) is 12.6. The van der Waals surface area contributed by atoms with Crippen LogP contribution in [0.1, 0.15) is 134 Å². The van der Waals surface area contributed by atoms with E-state index in [0.717, 1.165) is 71.6 Å². The van der Waals surface area contributed by atoms with Crippen LogP contribution >= 0.6 is 0 Å². The Hall–Kier alpha value is -4.97. The van der Waals surface area contributed by atoms with Crippen molar-refractivity contribution in [1.82, 2.24) is 0 Å². The average Bonchev–Trinajstić information content (AvgIpc) is 0.985. The summed E-state index contributed by atoms with van der Waals surface area (Å²) in [4.78, 5) is 61.2. The first-order valence-electron chi connectivity index (χ1n) is 32.6. The first-order chi connectivity index (χ1) is 41.8. The number of hydrogen-bond acceptors (Lipinski definition) is 5. The number of nitrogens with zero attached hydrogens (tertiary/aromatic N) is 4. The molecule has 0 aromatic heterocycles. The molecule has 0 fully saturated rings. The van der Waals surface area contributed by atoms with Gasteiger partial charge < -0.3 is 96.5 Å². The van der Waals surface area contributed by atoms with Gasteiger partial charge in [0.2, 0.25) is 0 Å². The summed E-state index contributed by atoms with van der Waals surface area (Å²) in [5, 5.41) is 5.67. The summed E-state index contributed by atoms with van der Waals surface area (Å²) < 4.78 is 2.75. The van der Waals surface area contributed by atoms with Crippen LogP contribution in [0.15, 0.2) is 152 Å². The van der Waals surface area contributed by atoms with Gasteiger partial charge in [0, 0.05) is 37.1 Å².